The van der Waals surface area contributed by atoms with Crippen molar-refractivity contribution in [2.24, 2.45) is 0 Å². The van der Waals surface area contributed by atoms with Crippen molar-refractivity contribution in [1.29, 1.82) is 0 Å². The van der Waals surface area contributed by atoms with E-state index in [0.29, 0.717) is 12.0 Å². The second-order valence-electron chi connectivity index (χ2n) is 3.58. The Hall–Kier alpha value is -0.880. The molecule has 16 heavy (non-hydrogen) atoms. The van der Waals surface area contributed by atoms with Crippen LogP contribution in [0.3, 0.4) is 0 Å². The lowest BCUT2D eigenvalue weighted by Gasteiger charge is -2.13. The number of carbonyl (C=O) groups is 1. The maximum absolute atomic E-state index is 11.1. The fourth-order valence-corrected chi connectivity index (χ4v) is 1.49. The summed E-state index contributed by atoms with van der Waals surface area (Å²) in [4.78, 5) is 11.1. The third-order valence-electron chi connectivity index (χ3n) is 1.91. The molecule has 0 fully saturated rings. The average Bonchev–Trinajstić information content (AvgIpc) is 2.17. The van der Waals surface area contributed by atoms with Crippen molar-refractivity contribution in [3.8, 4) is 0 Å². The monoisotopic (exact) mass is 249 g/mol. The summed E-state index contributed by atoms with van der Waals surface area (Å²) in [5.41, 5.74) is 0.334. The van der Waals surface area contributed by atoms with Gasteiger partial charge in [-0.25, -0.2) is 17.9 Å². The van der Waals surface area contributed by atoms with E-state index in [4.69, 9.17) is 4.74 Å². The summed E-state index contributed by atoms with van der Waals surface area (Å²) < 4.78 is 29.5. The van der Waals surface area contributed by atoms with Crippen LogP contribution < -0.4 is 4.72 Å². The van der Waals surface area contributed by atoms with E-state index in [9.17, 15) is 13.2 Å². The molecule has 0 spiro atoms. The van der Waals surface area contributed by atoms with Gasteiger partial charge in [-0.3, -0.25) is 0 Å². The first kappa shape index (κ1) is 15.1. The van der Waals surface area contributed by atoms with Gasteiger partial charge >= 0.3 is 5.97 Å². The third-order valence-corrected chi connectivity index (χ3v) is 3.31. The second kappa shape index (κ2) is 6.65. The maximum Gasteiger partial charge on any atom is 0.333 e. The second-order valence-corrected chi connectivity index (χ2v) is 5.68. The molecule has 0 saturated carbocycles. The molecule has 0 aliphatic rings. The highest BCUT2D eigenvalue weighted by molar-refractivity contribution is 7.89. The van der Waals surface area contributed by atoms with Gasteiger partial charge < -0.3 is 4.74 Å². The lowest BCUT2D eigenvalue weighted by molar-refractivity contribution is -0.143. The molecule has 5 nitrogen and oxygen atoms in total. The van der Waals surface area contributed by atoms with Crippen molar-refractivity contribution in [2.75, 3.05) is 12.3 Å². The largest absolute Gasteiger partial charge is 0.459 e. The quantitative estimate of drug-likeness (QED) is 0.535. The van der Waals surface area contributed by atoms with Gasteiger partial charge in [-0.15, -0.1) is 0 Å². The summed E-state index contributed by atoms with van der Waals surface area (Å²) in [6.07, 6.45) is 0.113. The molecule has 1 N–H and O–H groups in total. The van der Waals surface area contributed by atoms with Crippen molar-refractivity contribution in [3.05, 3.63) is 12.2 Å². The Morgan fingerprint density at radius 2 is 2.06 bits per heavy atom. The molecule has 0 saturated heterocycles. The molecule has 1 unspecified atom stereocenters. The molecule has 0 aromatic carbocycles. The molecule has 94 valence electrons. The van der Waals surface area contributed by atoms with Gasteiger partial charge in [0.05, 0.1) is 5.75 Å². The minimum Gasteiger partial charge on any atom is -0.459 e. The minimum atomic E-state index is -3.17. The van der Waals surface area contributed by atoms with Crippen LogP contribution in [0.2, 0.25) is 0 Å². The van der Waals surface area contributed by atoms with Crippen LogP contribution in [0.5, 0.6) is 0 Å². The molecule has 0 aliphatic carbocycles. The van der Waals surface area contributed by atoms with Gasteiger partial charge in [0.15, 0.2) is 0 Å². The number of carbonyl (C=O) groups excluding carboxylic acids is 1. The molecule has 0 rings (SSSR count). The fourth-order valence-electron chi connectivity index (χ4n) is 0.862. The van der Waals surface area contributed by atoms with E-state index >= 15 is 0 Å². The Bertz CT molecular complexity index is 348. The first-order valence-electron chi connectivity index (χ1n) is 5.12. The van der Waals surface area contributed by atoms with Crippen LogP contribution in [0.4, 0.5) is 0 Å². The van der Waals surface area contributed by atoms with Gasteiger partial charge in [0, 0.05) is 12.1 Å². The first-order valence-corrected chi connectivity index (χ1v) is 6.77. The molecule has 1 atom stereocenters. The summed E-state index contributed by atoms with van der Waals surface area (Å²) >= 11 is 0. The fraction of sp³-hybridized carbons (Fsp3) is 0.700. The molecule has 0 aromatic heterocycles. The van der Waals surface area contributed by atoms with Gasteiger partial charge in [0.1, 0.15) is 6.10 Å². The summed E-state index contributed by atoms with van der Waals surface area (Å²) in [7, 11) is -3.17. The van der Waals surface area contributed by atoms with Gasteiger partial charge in [-0.2, -0.15) is 0 Å². The Morgan fingerprint density at radius 1 is 1.50 bits per heavy atom. The SMILES string of the molecule is C=C(C)C(=O)OC(C)CCNS(=O)(=O)CC. The van der Waals surface area contributed by atoms with Crippen LogP contribution in [0.25, 0.3) is 0 Å². The number of hydrogen-bond acceptors (Lipinski definition) is 4. The van der Waals surface area contributed by atoms with Crippen LogP contribution in [-0.4, -0.2) is 32.8 Å². The van der Waals surface area contributed by atoms with E-state index in [-0.39, 0.29) is 18.4 Å². The standard InChI is InChI=1S/C10H19NO4S/c1-5-16(13,14)11-7-6-9(4)15-10(12)8(2)3/h9,11H,2,5-7H2,1,3-4H3. The summed E-state index contributed by atoms with van der Waals surface area (Å²) in [5, 5.41) is 0. The average molecular weight is 249 g/mol. The molecule has 0 amide bonds. The van der Waals surface area contributed by atoms with Crippen molar-refractivity contribution in [2.45, 2.75) is 33.3 Å². The zero-order valence-electron chi connectivity index (χ0n) is 9.95. The number of ether oxygens (including phenoxy) is 1. The molecule has 6 heteroatoms. The Balaban J connectivity index is 3.87. The number of rotatable bonds is 7. The topological polar surface area (TPSA) is 72.5 Å². The van der Waals surface area contributed by atoms with Gasteiger partial charge in [0.25, 0.3) is 0 Å². The highest BCUT2D eigenvalue weighted by atomic mass is 32.2. The van der Waals surface area contributed by atoms with E-state index < -0.39 is 16.0 Å². The highest BCUT2D eigenvalue weighted by Gasteiger charge is 2.11. The van der Waals surface area contributed by atoms with Crippen LogP contribution in [0, 0.1) is 0 Å². The minimum absolute atomic E-state index is 0.0485. The van der Waals surface area contributed by atoms with E-state index in [0.717, 1.165) is 0 Å². The van der Waals surface area contributed by atoms with Gasteiger partial charge in [-0.1, -0.05) is 6.58 Å². The van der Waals surface area contributed by atoms with Crippen molar-refractivity contribution in [1.82, 2.24) is 4.72 Å². The zero-order chi connectivity index (χ0) is 12.8. The predicted molar refractivity (Wildman–Crippen MR) is 62.4 cm³/mol. The van der Waals surface area contributed by atoms with E-state index in [1.54, 1.807) is 20.8 Å². The third kappa shape index (κ3) is 6.58. The number of nitrogens with one attached hydrogen (secondary N) is 1. The van der Waals surface area contributed by atoms with Crippen molar-refractivity contribution >= 4 is 16.0 Å². The first-order chi connectivity index (χ1) is 7.28. The van der Waals surface area contributed by atoms with E-state index in [1.807, 2.05) is 0 Å². The van der Waals surface area contributed by atoms with Crippen molar-refractivity contribution < 1.29 is 17.9 Å². The van der Waals surface area contributed by atoms with Crippen molar-refractivity contribution in [3.63, 3.8) is 0 Å². The van der Waals surface area contributed by atoms with E-state index in [1.165, 1.54) is 0 Å². The van der Waals surface area contributed by atoms with Crippen LogP contribution in [-0.2, 0) is 19.6 Å². The lowest BCUT2D eigenvalue weighted by Crippen LogP contribution is -2.29. The molecular formula is C10H19NO4S. The predicted octanol–water partition coefficient (Wildman–Crippen LogP) is 0.824. The highest BCUT2D eigenvalue weighted by Crippen LogP contribution is 2.01. The van der Waals surface area contributed by atoms with E-state index in [2.05, 4.69) is 11.3 Å². The summed E-state index contributed by atoms with van der Waals surface area (Å²) in [6.45, 7) is 8.56. The van der Waals surface area contributed by atoms with Crippen LogP contribution in [0.15, 0.2) is 12.2 Å². The van der Waals surface area contributed by atoms with Crippen LogP contribution in [0.1, 0.15) is 27.2 Å². The Kier molecular flexibility index (Phi) is 6.28. The molecule has 0 aliphatic heterocycles. The Labute approximate surface area is 96.9 Å². The smallest absolute Gasteiger partial charge is 0.333 e. The maximum atomic E-state index is 11.1. The molecule has 0 heterocycles. The zero-order valence-corrected chi connectivity index (χ0v) is 10.8. The summed E-state index contributed by atoms with van der Waals surface area (Å²) in [6, 6.07) is 0. The number of hydrogen-bond donors (Lipinski definition) is 1. The molecular weight excluding hydrogens is 230 g/mol. The number of esters is 1. The molecule has 0 radical (unpaired) electrons. The molecule has 0 bridgehead atoms. The normalized spacial score (nSPS) is 13.2. The summed E-state index contributed by atoms with van der Waals surface area (Å²) in [5.74, 6) is -0.404. The van der Waals surface area contributed by atoms with Crippen LogP contribution >= 0.6 is 0 Å². The molecule has 0 aromatic rings. The van der Waals surface area contributed by atoms with Gasteiger partial charge in [-0.05, 0) is 27.2 Å². The lowest BCUT2D eigenvalue weighted by atomic mass is 10.3. The number of sulfonamides is 1. The Morgan fingerprint density at radius 3 is 2.50 bits per heavy atom. The van der Waals surface area contributed by atoms with Gasteiger partial charge in [0.2, 0.25) is 10.0 Å².